The predicted molar refractivity (Wildman–Crippen MR) is 82.8 cm³/mol. The Kier molecular flexibility index (Phi) is 5.85. The van der Waals surface area contributed by atoms with E-state index in [1.54, 1.807) is 0 Å². The summed E-state index contributed by atoms with van der Waals surface area (Å²) in [5.41, 5.74) is 1.08. The van der Waals surface area contributed by atoms with E-state index in [1.807, 2.05) is 19.1 Å². The maximum atomic E-state index is 14.1. The van der Waals surface area contributed by atoms with Gasteiger partial charge in [-0.15, -0.1) is 0 Å². The van der Waals surface area contributed by atoms with Crippen molar-refractivity contribution in [1.29, 1.82) is 0 Å². The van der Waals surface area contributed by atoms with E-state index in [9.17, 15) is 4.39 Å². The van der Waals surface area contributed by atoms with Gasteiger partial charge in [0.05, 0.1) is 5.03 Å². The number of halogens is 2. The van der Waals surface area contributed by atoms with Crippen LogP contribution < -0.4 is 0 Å². The molecule has 1 rings (SSSR count). The zero-order valence-electron chi connectivity index (χ0n) is 12.6. The summed E-state index contributed by atoms with van der Waals surface area (Å²) in [5, 5.41) is 0.0207. The van der Waals surface area contributed by atoms with Gasteiger partial charge in [-0.05, 0) is 55.4 Å². The van der Waals surface area contributed by atoms with E-state index in [2.05, 4.69) is 27.4 Å². The van der Waals surface area contributed by atoms with E-state index < -0.39 is 0 Å². The Morgan fingerprint density at radius 1 is 1.37 bits per heavy atom. The smallest absolute Gasteiger partial charge is 0.144 e. The molecule has 0 saturated heterocycles. The number of allylic oxidation sites excluding steroid dienone is 5. The van der Waals surface area contributed by atoms with Gasteiger partial charge < -0.3 is 0 Å². The van der Waals surface area contributed by atoms with Crippen LogP contribution in [0, 0.1) is 17.3 Å². The van der Waals surface area contributed by atoms with Gasteiger partial charge >= 0.3 is 0 Å². The van der Waals surface area contributed by atoms with Crippen LogP contribution in [0.3, 0.4) is 0 Å². The van der Waals surface area contributed by atoms with Crippen molar-refractivity contribution in [3.05, 3.63) is 35.2 Å². The Labute approximate surface area is 122 Å². The molecule has 0 bridgehead atoms. The highest BCUT2D eigenvalue weighted by Crippen LogP contribution is 2.43. The number of rotatable bonds is 4. The standard InChI is InChI=1S/C17H26ClF/c1-6-7-15(16(19)12(2)18)14-9-8-13(10-14)11-17(3,4)5/h6-7,13-14H,2,8-11H2,1,3-5H3/b7-6?,16-15-. The first-order valence-corrected chi connectivity index (χ1v) is 7.49. The lowest BCUT2D eigenvalue weighted by atomic mass is 9.83. The van der Waals surface area contributed by atoms with Gasteiger partial charge in [-0.25, -0.2) is 4.39 Å². The monoisotopic (exact) mass is 284 g/mol. The molecular formula is C17H26ClF. The molecule has 0 aromatic rings. The van der Waals surface area contributed by atoms with Crippen molar-refractivity contribution in [3.63, 3.8) is 0 Å². The predicted octanol–water partition coefficient (Wildman–Crippen LogP) is 6.39. The lowest BCUT2D eigenvalue weighted by Gasteiger charge is -2.23. The fourth-order valence-electron chi connectivity index (χ4n) is 3.13. The zero-order chi connectivity index (χ0) is 14.6. The molecule has 2 heteroatoms. The van der Waals surface area contributed by atoms with Gasteiger partial charge in [0, 0.05) is 0 Å². The molecule has 1 aliphatic rings. The molecule has 0 radical (unpaired) electrons. The van der Waals surface area contributed by atoms with Crippen molar-refractivity contribution in [3.8, 4) is 0 Å². The van der Waals surface area contributed by atoms with Crippen molar-refractivity contribution < 1.29 is 4.39 Å². The average Bonchev–Trinajstić information content (AvgIpc) is 2.70. The third-order valence-electron chi connectivity index (χ3n) is 3.72. The van der Waals surface area contributed by atoms with Crippen molar-refractivity contribution >= 4 is 11.6 Å². The van der Waals surface area contributed by atoms with Gasteiger partial charge in [0.25, 0.3) is 0 Å². The molecule has 108 valence electrons. The second kappa shape index (κ2) is 6.74. The summed E-state index contributed by atoms with van der Waals surface area (Å²) in [6, 6.07) is 0. The molecule has 0 aromatic carbocycles. The summed E-state index contributed by atoms with van der Waals surface area (Å²) in [4.78, 5) is 0. The Bertz CT molecular complexity index is 385. The first-order valence-electron chi connectivity index (χ1n) is 7.11. The lowest BCUT2D eigenvalue weighted by molar-refractivity contribution is 0.293. The van der Waals surface area contributed by atoms with E-state index in [1.165, 1.54) is 12.8 Å². The minimum Gasteiger partial charge on any atom is -0.205 e. The minimum absolute atomic E-state index is 0.0207. The number of hydrogen-bond donors (Lipinski definition) is 0. The first-order chi connectivity index (χ1) is 8.74. The molecule has 1 saturated carbocycles. The van der Waals surface area contributed by atoms with Crippen LogP contribution in [0.5, 0.6) is 0 Å². The molecule has 0 N–H and O–H groups in total. The molecule has 0 spiro atoms. The van der Waals surface area contributed by atoms with Gasteiger partial charge in [0.1, 0.15) is 5.83 Å². The highest BCUT2D eigenvalue weighted by molar-refractivity contribution is 6.31. The van der Waals surface area contributed by atoms with Crippen molar-refractivity contribution in [2.75, 3.05) is 0 Å². The van der Waals surface area contributed by atoms with Gasteiger partial charge in [0.2, 0.25) is 0 Å². The Morgan fingerprint density at radius 2 is 2.00 bits per heavy atom. The molecule has 1 aliphatic carbocycles. The van der Waals surface area contributed by atoms with Crippen LogP contribution in [-0.4, -0.2) is 0 Å². The Hall–Kier alpha value is -0.560. The van der Waals surface area contributed by atoms with Gasteiger partial charge in [-0.3, -0.25) is 0 Å². The number of hydrogen-bond acceptors (Lipinski definition) is 0. The maximum Gasteiger partial charge on any atom is 0.144 e. The molecule has 0 nitrogen and oxygen atoms in total. The largest absolute Gasteiger partial charge is 0.205 e. The summed E-state index contributed by atoms with van der Waals surface area (Å²) in [5.74, 6) is 0.655. The van der Waals surface area contributed by atoms with Crippen LogP contribution in [0.25, 0.3) is 0 Å². The molecule has 2 unspecified atom stereocenters. The Balaban J connectivity index is 2.81. The van der Waals surface area contributed by atoms with E-state index in [0.717, 1.165) is 18.4 Å². The molecule has 0 aliphatic heterocycles. The molecular weight excluding hydrogens is 259 g/mol. The van der Waals surface area contributed by atoms with Gasteiger partial charge in [0.15, 0.2) is 0 Å². The lowest BCUT2D eigenvalue weighted by Crippen LogP contribution is -2.11. The summed E-state index contributed by atoms with van der Waals surface area (Å²) in [6.07, 6.45) is 8.24. The topological polar surface area (TPSA) is 0 Å². The third kappa shape index (κ3) is 5.14. The molecule has 2 atom stereocenters. The van der Waals surface area contributed by atoms with Crippen LogP contribution in [-0.2, 0) is 0 Å². The molecule has 0 heterocycles. The van der Waals surface area contributed by atoms with Crippen LogP contribution in [0.2, 0.25) is 0 Å². The second-order valence-electron chi connectivity index (χ2n) is 6.82. The fourth-order valence-corrected chi connectivity index (χ4v) is 3.24. The van der Waals surface area contributed by atoms with Gasteiger partial charge in [-0.2, -0.15) is 0 Å². The SMILES string of the molecule is C=C(Cl)/C(F)=C(\C=CC)C1CCC(CC(C)(C)C)C1. The van der Waals surface area contributed by atoms with E-state index >= 15 is 0 Å². The molecule has 0 amide bonds. The molecule has 0 aromatic heterocycles. The van der Waals surface area contributed by atoms with Crippen LogP contribution in [0.4, 0.5) is 4.39 Å². The van der Waals surface area contributed by atoms with Crippen LogP contribution in [0.15, 0.2) is 35.2 Å². The summed E-state index contributed by atoms with van der Waals surface area (Å²) in [7, 11) is 0. The van der Waals surface area contributed by atoms with E-state index in [4.69, 9.17) is 11.6 Å². The van der Waals surface area contributed by atoms with Crippen molar-refractivity contribution in [2.45, 2.75) is 53.4 Å². The summed E-state index contributed by atoms with van der Waals surface area (Å²) in [6.45, 7) is 12.2. The molecule has 1 fully saturated rings. The summed E-state index contributed by atoms with van der Waals surface area (Å²) >= 11 is 5.72. The van der Waals surface area contributed by atoms with E-state index in [-0.39, 0.29) is 10.9 Å². The summed E-state index contributed by atoms with van der Waals surface area (Å²) < 4.78 is 14.1. The quantitative estimate of drug-likeness (QED) is 0.525. The second-order valence-corrected chi connectivity index (χ2v) is 7.27. The van der Waals surface area contributed by atoms with Crippen molar-refractivity contribution in [2.24, 2.45) is 17.3 Å². The Morgan fingerprint density at radius 3 is 2.47 bits per heavy atom. The normalized spacial score (nSPS) is 25.8. The van der Waals surface area contributed by atoms with E-state index in [0.29, 0.717) is 17.3 Å². The fraction of sp³-hybridized carbons (Fsp3) is 0.647. The minimum atomic E-state index is -0.332. The van der Waals surface area contributed by atoms with Crippen LogP contribution in [0.1, 0.15) is 53.4 Å². The highest BCUT2D eigenvalue weighted by atomic mass is 35.5. The van der Waals surface area contributed by atoms with Crippen LogP contribution >= 0.6 is 11.6 Å². The first kappa shape index (κ1) is 16.5. The molecule has 19 heavy (non-hydrogen) atoms. The zero-order valence-corrected chi connectivity index (χ0v) is 13.4. The average molecular weight is 285 g/mol. The van der Waals surface area contributed by atoms with Gasteiger partial charge in [-0.1, -0.05) is 51.1 Å². The van der Waals surface area contributed by atoms with Crippen molar-refractivity contribution in [1.82, 2.24) is 0 Å². The highest BCUT2D eigenvalue weighted by Gasteiger charge is 2.30. The maximum absolute atomic E-state index is 14.1. The third-order valence-corrected chi connectivity index (χ3v) is 3.89.